The molecule has 1 amide bonds. The number of nitrogens with one attached hydrogen (secondary N) is 1. The van der Waals surface area contributed by atoms with Crippen LogP contribution in [-0.4, -0.2) is 29.4 Å². The van der Waals surface area contributed by atoms with E-state index in [1.807, 2.05) is 30.3 Å². The molecule has 1 aliphatic rings. The van der Waals surface area contributed by atoms with Gasteiger partial charge in [0.15, 0.2) is 0 Å². The van der Waals surface area contributed by atoms with Gasteiger partial charge in [-0.3, -0.25) is 9.59 Å². The first-order valence-electron chi connectivity index (χ1n) is 10.3. The van der Waals surface area contributed by atoms with Gasteiger partial charge in [0.05, 0.1) is 0 Å². The monoisotopic (exact) mass is 391 g/mol. The van der Waals surface area contributed by atoms with Gasteiger partial charge in [-0.05, 0) is 49.8 Å². The summed E-state index contributed by atoms with van der Waals surface area (Å²) in [5.74, 6) is 1.30. The second kappa shape index (κ2) is 13.6. The lowest BCUT2D eigenvalue weighted by Crippen LogP contribution is -2.24. The summed E-state index contributed by atoms with van der Waals surface area (Å²) in [5, 5.41) is 3.87. The van der Waals surface area contributed by atoms with Crippen LogP contribution in [0.2, 0.25) is 0 Å². The Morgan fingerprint density at radius 1 is 1.04 bits per heavy atom. The molecule has 2 rings (SSSR count). The average molecular weight is 392 g/mol. The van der Waals surface area contributed by atoms with Crippen LogP contribution in [0.5, 0.6) is 0 Å². The summed E-state index contributed by atoms with van der Waals surface area (Å²) in [6.45, 7) is 1.13. The first-order chi connectivity index (χ1) is 13.2. The van der Waals surface area contributed by atoms with Crippen LogP contribution in [0.3, 0.4) is 0 Å². The summed E-state index contributed by atoms with van der Waals surface area (Å²) in [7, 11) is 0. The third-order valence-corrected chi connectivity index (χ3v) is 6.29. The zero-order valence-corrected chi connectivity index (χ0v) is 17.1. The molecule has 1 fully saturated rings. The molecule has 1 atom stereocenters. The quantitative estimate of drug-likeness (QED) is 0.385. The zero-order valence-electron chi connectivity index (χ0n) is 16.3. The van der Waals surface area contributed by atoms with Crippen LogP contribution in [0, 0.1) is 0 Å². The van der Waals surface area contributed by atoms with Crippen LogP contribution in [0.1, 0.15) is 69.8 Å². The molecule has 0 radical (unpaired) electrons. The van der Waals surface area contributed by atoms with Crippen molar-refractivity contribution in [1.82, 2.24) is 5.32 Å². The summed E-state index contributed by atoms with van der Waals surface area (Å²) in [6.07, 6.45) is 9.79. The van der Waals surface area contributed by atoms with Crippen LogP contribution in [0.15, 0.2) is 30.3 Å². The van der Waals surface area contributed by atoms with E-state index in [0.29, 0.717) is 19.4 Å². The fraction of sp³-hybridized carbons (Fsp3) is 0.636. The zero-order chi connectivity index (χ0) is 19.2. The van der Waals surface area contributed by atoms with Crippen molar-refractivity contribution in [2.75, 3.05) is 12.3 Å². The smallest absolute Gasteiger partial charge is 0.306 e. The molecule has 0 aromatic heterocycles. The van der Waals surface area contributed by atoms with Crippen molar-refractivity contribution < 1.29 is 14.3 Å². The number of benzene rings is 1. The molecule has 1 N–H and O–H groups in total. The SMILES string of the molecule is O=C(CCCCCC(=O)OCc1ccccc1)NCCCC[C@H]1CCCS1. The number of amides is 1. The Balaban J connectivity index is 1.37. The van der Waals surface area contributed by atoms with Gasteiger partial charge in [-0.25, -0.2) is 0 Å². The standard InChI is InChI=1S/C22H33NO3S/c24-21(23-16-8-7-12-20-13-9-17-27-20)14-5-2-6-15-22(25)26-18-19-10-3-1-4-11-19/h1,3-4,10-11,20H,2,5-9,12-18H2,(H,23,24)/t20-/m0/s1. The number of rotatable bonds is 13. The highest BCUT2D eigenvalue weighted by Gasteiger charge is 2.14. The van der Waals surface area contributed by atoms with Crippen molar-refractivity contribution in [1.29, 1.82) is 0 Å². The van der Waals surface area contributed by atoms with E-state index in [-0.39, 0.29) is 11.9 Å². The molecule has 5 heteroatoms. The van der Waals surface area contributed by atoms with Gasteiger partial charge in [-0.2, -0.15) is 11.8 Å². The highest BCUT2D eigenvalue weighted by molar-refractivity contribution is 8.00. The topological polar surface area (TPSA) is 55.4 Å². The maximum Gasteiger partial charge on any atom is 0.306 e. The van der Waals surface area contributed by atoms with Crippen LogP contribution < -0.4 is 5.32 Å². The van der Waals surface area contributed by atoms with Crippen molar-refractivity contribution in [3.63, 3.8) is 0 Å². The highest BCUT2D eigenvalue weighted by atomic mass is 32.2. The van der Waals surface area contributed by atoms with Crippen LogP contribution in [-0.2, 0) is 20.9 Å². The Kier molecular flexibility index (Phi) is 11.0. The number of hydrogen-bond acceptors (Lipinski definition) is 4. The predicted molar refractivity (Wildman–Crippen MR) is 112 cm³/mol. The average Bonchev–Trinajstić information content (AvgIpc) is 3.20. The summed E-state index contributed by atoms with van der Waals surface area (Å²) in [5.41, 5.74) is 1.00. The lowest BCUT2D eigenvalue weighted by Gasteiger charge is -2.08. The van der Waals surface area contributed by atoms with E-state index in [2.05, 4.69) is 17.1 Å². The molecule has 1 heterocycles. The van der Waals surface area contributed by atoms with Crippen LogP contribution in [0.4, 0.5) is 0 Å². The summed E-state index contributed by atoms with van der Waals surface area (Å²) >= 11 is 2.11. The van der Waals surface area contributed by atoms with Gasteiger partial charge in [0, 0.05) is 24.6 Å². The summed E-state index contributed by atoms with van der Waals surface area (Å²) < 4.78 is 5.25. The Bertz CT molecular complexity index is 544. The molecule has 1 aromatic carbocycles. The second-order valence-electron chi connectivity index (χ2n) is 7.19. The maximum absolute atomic E-state index is 11.8. The normalized spacial score (nSPS) is 16.2. The Morgan fingerprint density at radius 3 is 2.63 bits per heavy atom. The highest BCUT2D eigenvalue weighted by Crippen LogP contribution is 2.29. The molecular formula is C22H33NO3S. The van der Waals surface area contributed by atoms with Gasteiger partial charge < -0.3 is 10.1 Å². The van der Waals surface area contributed by atoms with E-state index in [1.165, 1.54) is 31.4 Å². The predicted octanol–water partition coefficient (Wildman–Crippen LogP) is 4.86. The molecule has 27 heavy (non-hydrogen) atoms. The van der Waals surface area contributed by atoms with Gasteiger partial charge in [0.1, 0.15) is 6.61 Å². The minimum Gasteiger partial charge on any atom is -0.461 e. The molecule has 1 aromatic rings. The molecule has 0 spiro atoms. The van der Waals surface area contributed by atoms with Gasteiger partial charge >= 0.3 is 5.97 Å². The van der Waals surface area contributed by atoms with Gasteiger partial charge in [0.2, 0.25) is 5.91 Å². The van der Waals surface area contributed by atoms with Gasteiger partial charge in [-0.1, -0.05) is 43.2 Å². The minimum absolute atomic E-state index is 0.136. The van der Waals surface area contributed by atoms with E-state index in [4.69, 9.17) is 4.74 Å². The largest absolute Gasteiger partial charge is 0.461 e. The lowest BCUT2D eigenvalue weighted by molar-refractivity contribution is -0.145. The lowest BCUT2D eigenvalue weighted by atomic mass is 10.1. The van der Waals surface area contributed by atoms with E-state index in [1.54, 1.807) is 0 Å². The number of unbranched alkanes of at least 4 members (excludes halogenated alkanes) is 3. The second-order valence-corrected chi connectivity index (χ2v) is 8.60. The molecule has 0 saturated carbocycles. The Labute approximate surface area is 167 Å². The number of carbonyl (C=O) groups is 2. The molecule has 4 nitrogen and oxygen atoms in total. The summed E-state index contributed by atoms with van der Waals surface area (Å²) in [6, 6.07) is 9.70. The van der Waals surface area contributed by atoms with Gasteiger partial charge in [-0.15, -0.1) is 0 Å². The van der Waals surface area contributed by atoms with E-state index < -0.39 is 0 Å². The number of esters is 1. The van der Waals surface area contributed by atoms with E-state index in [9.17, 15) is 9.59 Å². The molecule has 1 saturated heterocycles. The maximum atomic E-state index is 11.8. The third-order valence-electron chi connectivity index (χ3n) is 4.83. The molecule has 0 aliphatic carbocycles. The third kappa shape index (κ3) is 10.4. The molecular weight excluding hydrogens is 358 g/mol. The van der Waals surface area contributed by atoms with Crippen molar-refractivity contribution in [3.05, 3.63) is 35.9 Å². The fourth-order valence-electron chi connectivity index (χ4n) is 3.23. The summed E-state index contributed by atoms with van der Waals surface area (Å²) in [4.78, 5) is 23.5. The first kappa shape index (κ1) is 21.8. The molecule has 0 unspecified atom stereocenters. The number of thioether (sulfide) groups is 1. The van der Waals surface area contributed by atoms with E-state index in [0.717, 1.165) is 43.0 Å². The van der Waals surface area contributed by atoms with Gasteiger partial charge in [0.25, 0.3) is 0 Å². The van der Waals surface area contributed by atoms with Crippen LogP contribution >= 0.6 is 11.8 Å². The first-order valence-corrected chi connectivity index (χ1v) is 11.4. The van der Waals surface area contributed by atoms with Crippen molar-refractivity contribution in [3.8, 4) is 0 Å². The number of ether oxygens (including phenoxy) is 1. The number of hydrogen-bond donors (Lipinski definition) is 1. The fourth-order valence-corrected chi connectivity index (χ4v) is 4.56. The van der Waals surface area contributed by atoms with Crippen LogP contribution in [0.25, 0.3) is 0 Å². The van der Waals surface area contributed by atoms with Crippen molar-refractivity contribution >= 4 is 23.6 Å². The molecule has 1 aliphatic heterocycles. The van der Waals surface area contributed by atoms with Crippen molar-refractivity contribution in [2.45, 2.75) is 76.1 Å². The van der Waals surface area contributed by atoms with Crippen molar-refractivity contribution in [2.24, 2.45) is 0 Å². The Hall–Kier alpha value is -1.49. The van der Waals surface area contributed by atoms with E-state index >= 15 is 0 Å². The number of carbonyl (C=O) groups excluding carboxylic acids is 2. The molecule has 150 valence electrons. The Morgan fingerprint density at radius 2 is 1.85 bits per heavy atom. The molecule has 0 bridgehead atoms. The minimum atomic E-state index is -0.163.